The Balaban J connectivity index is 1.99. The van der Waals surface area contributed by atoms with E-state index in [2.05, 4.69) is 0 Å². The summed E-state index contributed by atoms with van der Waals surface area (Å²) in [5, 5.41) is 11.2. The average molecular weight is 494 g/mol. The molecule has 2 atom stereocenters. The van der Waals surface area contributed by atoms with Crippen LogP contribution in [0, 0.1) is 6.92 Å². The SMILES string of the molecule is Cc1ccsc1[C@@H]1CN(C(=O)O)CC[C@H]1N(C)C(=O)c1cc(C(F)(F)F)cc(C(F)(F)F)c1. The Morgan fingerprint density at radius 1 is 1.09 bits per heavy atom. The molecule has 1 fully saturated rings. The van der Waals surface area contributed by atoms with Crippen LogP contribution in [-0.4, -0.2) is 53.1 Å². The standard InChI is InChI=1S/C21H20F6N2O3S/c1-11-4-6-33-17(11)15-10-29(19(31)32)5-3-16(15)28(2)18(30)12-7-13(20(22,23)24)9-14(8-12)21(25,26)27/h4,6-9,15-16H,3,5,10H2,1-2H3,(H,31,32)/t15-,16-/m1/s1. The van der Waals surface area contributed by atoms with Crippen molar-refractivity contribution in [3.8, 4) is 0 Å². The molecule has 2 heterocycles. The summed E-state index contributed by atoms with van der Waals surface area (Å²) in [6.07, 6.45) is -11.1. The van der Waals surface area contributed by atoms with Crippen molar-refractivity contribution in [3.05, 3.63) is 56.8 Å². The predicted molar refractivity (Wildman–Crippen MR) is 108 cm³/mol. The fourth-order valence-corrected chi connectivity index (χ4v) is 5.11. The number of carboxylic acid groups (broad SMARTS) is 1. The molecule has 1 saturated heterocycles. The van der Waals surface area contributed by atoms with E-state index in [1.807, 2.05) is 13.0 Å². The minimum atomic E-state index is -5.07. The maximum absolute atomic E-state index is 13.2. The molecule has 1 aliphatic heterocycles. The van der Waals surface area contributed by atoms with E-state index in [1.165, 1.54) is 23.3 Å². The molecule has 12 heteroatoms. The molecule has 0 spiro atoms. The van der Waals surface area contributed by atoms with Crippen molar-refractivity contribution in [3.63, 3.8) is 0 Å². The zero-order valence-corrected chi connectivity index (χ0v) is 18.3. The van der Waals surface area contributed by atoms with Crippen molar-refractivity contribution in [2.45, 2.75) is 37.7 Å². The predicted octanol–water partition coefficient (Wildman–Crippen LogP) is 5.70. The first-order valence-electron chi connectivity index (χ1n) is 9.78. The molecule has 180 valence electrons. The summed E-state index contributed by atoms with van der Waals surface area (Å²) in [6.45, 7) is 1.94. The molecule has 33 heavy (non-hydrogen) atoms. The smallest absolute Gasteiger partial charge is 0.416 e. The van der Waals surface area contributed by atoms with Gasteiger partial charge in [-0.3, -0.25) is 4.79 Å². The van der Waals surface area contributed by atoms with Gasteiger partial charge in [0.05, 0.1) is 11.1 Å². The number of halogens is 6. The second-order valence-corrected chi connectivity index (χ2v) is 8.82. The Labute approximate surface area is 189 Å². The quantitative estimate of drug-likeness (QED) is 0.557. The molecule has 0 radical (unpaired) electrons. The van der Waals surface area contributed by atoms with E-state index in [0.717, 1.165) is 15.3 Å². The zero-order chi connectivity index (χ0) is 24.7. The number of likely N-dealkylation sites (tertiary alicyclic amines) is 1. The van der Waals surface area contributed by atoms with Gasteiger partial charge in [-0.15, -0.1) is 11.3 Å². The minimum Gasteiger partial charge on any atom is -0.465 e. The molecule has 0 aliphatic carbocycles. The van der Waals surface area contributed by atoms with Crippen LogP contribution in [0.4, 0.5) is 31.1 Å². The van der Waals surface area contributed by atoms with E-state index >= 15 is 0 Å². The van der Waals surface area contributed by atoms with Crippen molar-refractivity contribution < 1.29 is 41.0 Å². The van der Waals surface area contributed by atoms with Gasteiger partial charge in [-0.2, -0.15) is 26.3 Å². The number of aryl methyl sites for hydroxylation is 1. The maximum atomic E-state index is 13.2. The normalized spacial score (nSPS) is 19.5. The fourth-order valence-electron chi connectivity index (χ4n) is 4.03. The Morgan fingerprint density at radius 2 is 1.67 bits per heavy atom. The van der Waals surface area contributed by atoms with E-state index in [9.17, 15) is 41.0 Å². The van der Waals surface area contributed by atoms with E-state index < -0.39 is 53.0 Å². The lowest BCUT2D eigenvalue weighted by Crippen LogP contribution is -2.51. The first kappa shape index (κ1) is 24.9. The highest BCUT2D eigenvalue weighted by Crippen LogP contribution is 2.38. The third-order valence-electron chi connectivity index (χ3n) is 5.74. The highest BCUT2D eigenvalue weighted by Gasteiger charge is 2.40. The van der Waals surface area contributed by atoms with Crippen LogP contribution in [0.1, 0.15) is 44.3 Å². The first-order valence-corrected chi connectivity index (χ1v) is 10.7. The number of carbonyl (C=O) groups excluding carboxylic acids is 1. The van der Waals surface area contributed by atoms with Gasteiger partial charge in [0.1, 0.15) is 0 Å². The Morgan fingerprint density at radius 3 is 2.12 bits per heavy atom. The number of alkyl halides is 6. The van der Waals surface area contributed by atoms with Crippen molar-refractivity contribution in [2.75, 3.05) is 20.1 Å². The lowest BCUT2D eigenvalue weighted by Gasteiger charge is -2.41. The molecule has 1 aromatic heterocycles. The fraction of sp³-hybridized carbons (Fsp3) is 0.429. The van der Waals surface area contributed by atoms with Gasteiger partial charge >= 0.3 is 18.4 Å². The van der Waals surface area contributed by atoms with Crippen molar-refractivity contribution in [1.29, 1.82) is 0 Å². The Hall–Kier alpha value is -2.76. The molecule has 1 aromatic carbocycles. The average Bonchev–Trinajstić information content (AvgIpc) is 3.16. The number of carbonyl (C=O) groups is 2. The molecule has 1 aliphatic rings. The second-order valence-electron chi connectivity index (χ2n) is 7.87. The topological polar surface area (TPSA) is 60.9 Å². The van der Waals surface area contributed by atoms with Crippen molar-refractivity contribution in [2.24, 2.45) is 0 Å². The molecule has 0 unspecified atom stereocenters. The summed E-state index contributed by atoms with van der Waals surface area (Å²) in [4.78, 5) is 27.7. The third-order valence-corrected chi connectivity index (χ3v) is 6.89. The first-order chi connectivity index (χ1) is 15.2. The molecule has 3 rings (SSSR count). The van der Waals surface area contributed by atoms with Gasteiger partial charge in [0.2, 0.25) is 0 Å². The molecule has 1 N–H and O–H groups in total. The van der Waals surface area contributed by atoms with E-state index in [-0.39, 0.29) is 25.6 Å². The zero-order valence-electron chi connectivity index (χ0n) is 17.5. The number of rotatable bonds is 3. The maximum Gasteiger partial charge on any atom is 0.416 e. The number of likely N-dealkylation sites (N-methyl/N-ethyl adjacent to an activating group) is 1. The van der Waals surface area contributed by atoms with Gasteiger partial charge in [0.25, 0.3) is 5.91 Å². The summed E-state index contributed by atoms with van der Waals surface area (Å²) in [5.41, 5.74) is -3.01. The monoisotopic (exact) mass is 494 g/mol. The number of nitrogens with zero attached hydrogens (tertiary/aromatic N) is 2. The number of thiophene rings is 1. The molecule has 5 nitrogen and oxygen atoms in total. The molecular weight excluding hydrogens is 474 g/mol. The Bertz CT molecular complexity index is 1020. The largest absolute Gasteiger partial charge is 0.465 e. The number of amides is 2. The molecular formula is C21H20F6N2O3S. The lowest BCUT2D eigenvalue weighted by atomic mass is 9.88. The summed E-state index contributed by atoms with van der Waals surface area (Å²) < 4.78 is 79.3. The van der Waals surface area contributed by atoms with Gasteiger partial charge in [-0.05, 0) is 48.6 Å². The van der Waals surface area contributed by atoms with Gasteiger partial charge in [0, 0.05) is 42.5 Å². The number of benzene rings is 1. The minimum absolute atomic E-state index is 0.0278. The van der Waals surface area contributed by atoms with Crippen LogP contribution in [0.2, 0.25) is 0 Å². The van der Waals surface area contributed by atoms with Crippen LogP contribution in [0.3, 0.4) is 0 Å². The van der Waals surface area contributed by atoms with Gasteiger partial charge in [-0.25, -0.2) is 4.79 Å². The number of piperidine rings is 1. The highest BCUT2D eigenvalue weighted by atomic mass is 32.1. The van der Waals surface area contributed by atoms with Crippen LogP contribution < -0.4 is 0 Å². The van der Waals surface area contributed by atoms with Gasteiger partial charge < -0.3 is 14.9 Å². The number of hydrogen-bond donors (Lipinski definition) is 1. The van der Waals surface area contributed by atoms with Crippen molar-refractivity contribution >= 4 is 23.3 Å². The van der Waals surface area contributed by atoms with E-state index in [1.54, 1.807) is 5.38 Å². The van der Waals surface area contributed by atoms with E-state index in [4.69, 9.17) is 0 Å². The van der Waals surface area contributed by atoms with Gasteiger partial charge in [0.15, 0.2) is 0 Å². The summed E-state index contributed by atoms with van der Waals surface area (Å²) in [6, 6.07) is 1.99. The molecule has 0 bridgehead atoms. The second kappa shape index (κ2) is 8.88. The summed E-state index contributed by atoms with van der Waals surface area (Å²) in [5.74, 6) is -1.48. The van der Waals surface area contributed by atoms with Crippen molar-refractivity contribution in [1.82, 2.24) is 9.80 Å². The van der Waals surface area contributed by atoms with Crippen LogP contribution >= 0.6 is 11.3 Å². The van der Waals surface area contributed by atoms with Crippen LogP contribution in [-0.2, 0) is 12.4 Å². The van der Waals surface area contributed by atoms with Crippen LogP contribution in [0.25, 0.3) is 0 Å². The summed E-state index contributed by atoms with van der Waals surface area (Å²) in [7, 11) is 1.31. The molecule has 0 saturated carbocycles. The molecule has 2 aromatic rings. The van der Waals surface area contributed by atoms with E-state index in [0.29, 0.717) is 12.1 Å². The lowest BCUT2D eigenvalue weighted by molar-refractivity contribution is -0.143. The Kier molecular flexibility index (Phi) is 6.69. The highest BCUT2D eigenvalue weighted by molar-refractivity contribution is 7.10. The summed E-state index contributed by atoms with van der Waals surface area (Å²) >= 11 is 1.36. The van der Waals surface area contributed by atoms with Crippen LogP contribution in [0.15, 0.2) is 29.6 Å². The third kappa shape index (κ3) is 5.26. The van der Waals surface area contributed by atoms with Crippen LogP contribution in [0.5, 0.6) is 0 Å². The molecule has 2 amide bonds. The number of hydrogen-bond acceptors (Lipinski definition) is 3. The van der Waals surface area contributed by atoms with Gasteiger partial charge in [-0.1, -0.05) is 0 Å².